The Balaban J connectivity index is 1.55. The molecule has 28 heavy (non-hydrogen) atoms. The number of benzene rings is 3. The number of carbonyl (C=O) groups is 1. The molecule has 0 fully saturated rings. The number of amides is 1. The number of ether oxygens (including phenoxy) is 1. The summed E-state index contributed by atoms with van der Waals surface area (Å²) in [5, 5.41) is 2.83. The Morgan fingerprint density at radius 2 is 1.75 bits per heavy atom. The molecule has 0 bridgehead atoms. The van der Waals surface area contributed by atoms with Crippen LogP contribution in [0.4, 0.5) is 11.4 Å². The average Bonchev–Trinajstić information content (AvgIpc) is 2.68. The predicted octanol–water partition coefficient (Wildman–Crippen LogP) is 5.38. The predicted molar refractivity (Wildman–Crippen MR) is 115 cm³/mol. The van der Waals surface area contributed by atoms with Crippen molar-refractivity contribution in [1.82, 2.24) is 0 Å². The highest BCUT2D eigenvalue weighted by atomic mass is 16.5. The van der Waals surface area contributed by atoms with Crippen molar-refractivity contribution in [2.24, 2.45) is 4.99 Å². The molecule has 3 rings (SSSR count). The number of anilines is 1. The van der Waals surface area contributed by atoms with Crippen molar-refractivity contribution in [2.45, 2.75) is 20.8 Å². The first kappa shape index (κ1) is 19.4. The van der Waals surface area contributed by atoms with Crippen LogP contribution in [0, 0.1) is 20.8 Å². The van der Waals surface area contributed by atoms with Crippen LogP contribution >= 0.6 is 0 Å². The molecule has 0 aliphatic heterocycles. The van der Waals surface area contributed by atoms with E-state index in [9.17, 15) is 4.79 Å². The Kier molecular flexibility index (Phi) is 6.22. The normalized spacial score (nSPS) is 10.8. The number of aryl methyl sites for hydroxylation is 2. The van der Waals surface area contributed by atoms with Crippen LogP contribution in [-0.4, -0.2) is 18.7 Å². The number of hydrogen-bond donors (Lipinski definition) is 1. The lowest BCUT2D eigenvalue weighted by molar-refractivity contribution is -0.118. The first-order chi connectivity index (χ1) is 13.5. The Hall–Kier alpha value is -3.40. The summed E-state index contributed by atoms with van der Waals surface area (Å²) in [6.07, 6.45) is 1.83. The van der Waals surface area contributed by atoms with Crippen molar-refractivity contribution >= 4 is 23.5 Å². The van der Waals surface area contributed by atoms with Gasteiger partial charge in [0.2, 0.25) is 0 Å². The van der Waals surface area contributed by atoms with Crippen molar-refractivity contribution in [2.75, 3.05) is 11.9 Å². The highest BCUT2D eigenvalue weighted by Crippen LogP contribution is 2.21. The molecule has 4 nitrogen and oxygen atoms in total. The van der Waals surface area contributed by atoms with Crippen molar-refractivity contribution in [1.29, 1.82) is 0 Å². The van der Waals surface area contributed by atoms with Crippen molar-refractivity contribution in [3.05, 3.63) is 89.0 Å². The van der Waals surface area contributed by atoms with Crippen molar-refractivity contribution < 1.29 is 9.53 Å². The van der Waals surface area contributed by atoms with E-state index in [-0.39, 0.29) is 12.5 Å². The maximum Gasteiger partial charge on any atom is 0.262 e. The largest absolute Gasteiger partial charge is 0.484 e. The van der Waals surface area contributed by atoms with Gasteiger partial charge < -0.3 is 10.1 Å². The number of nitrogens with one attached hydrogen (secondary N) is 1. The van der Waals surface area contributed by atoms with E-state index in [4.69, 9.17) is 4.74 Å². The second-order valence-corrected chi connectivity index (χ2v) is 6.75. The molecule has 0 aliphatic rings. The van der Waals surface area contributed by atoms with E-state index in [0.717, 1.165) is 22.5 Å². The van der Waals surface area contributed by atoms with Gasteiger partial charge in [0, 0.05) is 11.9 Å². The van der Waals surface area contributed by atoms with E-state index in [1.807, 2.05) is 73.8 Å². The molecule has 0 spiro atoms. The molecule has 0 aromatic heterocycles. The number of hydrogen-bond acceptors (Lipinski definition) is 3. The van der Waals surface area contributed by atoms with Gasteiger partial charge in [0.15, 0.2) is 6.61 Å². The molecule has 0 saturated carbocycles. The van der Waals surface area contributed by atoms with Gasteiger partial charge in [-0.25, -0.2) is 0 Å². The van der Waals surface area contributed by atoms with Crippen LogP contribution in [0.25, 0.3) is 0 Å². The first-order valence-corrected chi connectivity index (χ1v) is 9.21. The maximum absolute atomic E-state index is 12.0. The molecule has 1 amide bonds. The van der Waals surface area contributed by atoms with E-state index in [1.54, 1.807) is 0 Å². The minimum absolute atomic E-state index is 0.0378. The molecular weight excluding hydrogens is 348 g/mol. The van der Waals surface area contributed by atoms with Crippen LogP contribution in [-0.2, 0) is 4.79 Å². The molecular formula is C24H24N2O2. The Morgan fingerprint density at radius 3 is 2.50 bits per heavy atom. The lowest BCUT2D eigenvalue weighted by atomic mass is 10.1. The van der Waals surface area contributed by atoms with Gasteiger partial charge in [-0.2, -0.15) is 0 Å². The maximum atomic E-state index is 12.0. The standard InChI is InChI=1S/C24H24N2O2/c1-17-6-4-8-21(14-17)26-24(27)16-28-22-12-10-20(11-13-22)15-25-23-9-5-7-18(2)19(23)3/h4-15H,16H2,1-3H3,(H,26,27). The molecule has 0 radical (unpaired) electrons. The summed E-state index contributed by atoms with van der Waals surface area (Å²) in [6, 6.07) is 21.3. The van der Waals surface area contributed by atoms with Gasteiger partial charge in [0.05, 0.1) is 5.69 Å². The number of carbonyl (C=O) groups excluding carboxylic acids is 1. The second kappa shape index (κ2) is 9.00. The summed E-state index contributed by atoms with van der Waals surface area (Å²) in [5.41, 5.74) is 6.20. The fourth-order valence-electron chi connectivity index (χ4n) is 2.74. The lowest BCUT2D eigenvalue weighted by Gasteiger charge is -2.08. The van der Waals surface area contributed by atoms with E-state index < -0.39 is 0 Å². The van der Waals surface area contributed by atoms with E-state index in [2.05, 4.69) is 30.2 Å². The highest BCUT2D eigenvalue weighted by Gasteiger charge is 2.04. The summed E-state index contributed by atoms with van der Waals surface area (Å²) >= 11 is 0. The van der Waals surface area contributed by atoms with Gasteiger partial charge in [-0.3, -0.25) is 9.79 Å². The molecule has 4 heteroatoms. The highest BCUT2D eigenvalue weighted by molar-refractivity contribution is 5.92. The van der Waals surface area contributed by atoms with Gasteiger partial charge in [-0.1, -0.05) is 24.3 Å². The van der Waals surface area contributed by atoms with Crippen LogP contribution < -0.4 is 10.1 Å². The molecule has 0 saturated heterocycles. The SMILES string of the molecule is Cc1cccc(NC(=O)COc2ccc(C=Nc3cccc(C)c3C)cc2)c1. The van der Waals surface area contributed by atoms with E-state index >= 15 is 0 Å². The van der Waals surface area contributed by atoms with Crippen LogP contribution in [0.2, 0.25) is 0 Å². The monoisotopic (exact) mass is 372 g/mol. The zero-order valence-corrected chi connectivity index (χ0v) is 16.4. The van der Waals surface area contributed by atoms with E-state index in [1.165, 1.54) is 11.1 Å². The van der Waals surface area contributed by atoms with Crippen LogP contribution in [0.15, 0.2) is 71.7 Å². The van der Waals surface area contributed by atoms with Crippen molar-refractivity contribution in [3.63, 3.8) is 0 Å². The second-order valence-electron chi connectivity index (χ2n) is 6.75. The first-order valence-electron chi connectivity index (χ1n) is 9.21. The summed E-state index contributed by atoms with van der Waals surface area (Å²) < 4.78 is 5.57. The topological polar surface area (TPSA) is 50.7 Å². The molecule has 142 valence electrons. The quantitative estimate of drug-likeness (QED) is 0.591. The Labute approximate surface area is 165 Å². The molecule has 3 aromatic rings. The van der Waals surface area contributed by atoms with Crippen LogP contribution in [0.1, 0.15) is 22.3 Å². The summed E-state index contributed by atoms with van der Waals surface area (Å²) in [5.74, 6) is 0.453. The molecule has 0 heterocycles. The third-order valence-electron chi connectivity index (χ3n) is 4.48. The molecule has 0 unspecified atom stereocenters. The van der Waals surface area contributed by atoms with Gasteiger partial charge in [-0.05, 0) is 85.5 Å². The third kappa shape index (κ3) is 5.30. The lowest BCUT2D eigenvalue weighted by Crippen LogP contribution is -2.20. The molecule has 0 aliphatic carbocycles. The zero-order valence-electron chi connectivity index (χ0n) is 16.4. The third-order valence-corrected chi connectivity index (χ3v) is 4.48. The average molecular weight is 372 g/mol. The number of nitrogens with zero attached hydrogens (tertiary/aromatic N) is 1. The van der Waals surface area contributed by atoms with Gasteiger partial charge in [-0.15, -0.1) is 0 Å². The summed E-state index contributed by atoms with van der Waals surface area (Å²) in [7, 11) is 0. The van der Waals surface area contributed by atoms with Crippen LogP contribution in [0.5, 0.6) is 5.75 Å². The van der Waals surface area contributed by atoms with E-state index in [0.29, 0.717) is 5.75 Å². The Morgan fingerprint density at radius 1 is 1.00 bits per heavy atom. The molecule has 0 atom stereocenters. The smallest absolute Gasteiger partial charge is 0.262 e. The fraction of sp³-hybridized carbons (Fsp3) is 0.167. The van der Waals surface area contributed by atoms with Crippen LogP contribution in [0.3, 0.4) is 0 Å². The van der Waals surface area contributed by atoms with Gasteiger partial charge in [0.25, 0.3) is 5.91 Å². The number of rotatable bonds is 6. The zero-order chi connectivity index (χ0) is 19.9. The van der Waals surface area contributed by atoms with Gasteiger partial charge >= 0.3 is 0 Å². The van der Waals surface area contributed by atoms with Crippen molar-refractivity contribution in [3.8, 4) is 5.75 Å². The molecule has 1 N–H and O–H groups in total. The number of aliphatic imine (C=N–C) groups is 1. The minimum Gasteiger partial charge on any atom is -0.484 e. The van der Waals surface area contributed by atoms with Gasteiger partial charge in [0.1, 0.15) is 5.75 Å². The summed E-state index contributed by atoms with van der Waals surface area (Å²) in [6.45, 7) is 6.09. The Bertz CT molecular complexity index is 992. The summed E-state index contributed by atoms with van der Waals surface area (Å²) in [4.78, 5) is 16.6. The molecule has 3 aromatic carbocycles. The fourth-order valence-corrected chi connectivity index (χ4v) is 2.74. The minimum atomic E-state index is -0.189.